The molecule has 0 radical (unpaired) electrons. The third kappa shape index (κ3) is 10.6. The van der Waals surface area contributed by atoms with Crippen LogP contribution in [-0.2, 0) is 9.59 Å². The Morgan fingerprint density at radius 1 is 0.579 bits per heavy atom. The van der Waals surface area contributed by atoms with Gasteiger partial charge in [0.2, 0.25) is 23.7 Å². The summed E-state index contributed by atoms with van der Waals surface area (Å²) in [5, 5.41) is 1.44. The summed E-state index contributed by atoms with van der Waals surface area (Å²) < 4.78 is 21.4. The highest BCUT2D eigenvalue weighted by atomic mass is 16.5. The molecule has 2 aliphatic heterocycles. The number of carbonyl (C=O) groups is 2. The second-order valence-corrected chi connectivity index (χ2v) is 13.3. The van der Waals surface area contributed by atoms with E-state index in [9.17, 15) is 9.59 Å². The molecule has 2 aromatic heterocycles. The van der Waals surface area contributed by atoms with Crippen molar-refractivity contribution in [2.24, 2.45) is 0 Å². The number of anilines is 4. The van der Waals surface area contributed by atoms with Crippen LogP contribution in [-0.4, -0.2) is 128 Å². The van der Waals surface area contributed by atoms with Crippen LogP contribution in [0.15, 0.2) is 48.6 Å². The van der Waals surface area contributed by atoms with E-state index in [-0.39, 0.29) is 17.3 Å². The lowest BCUT2D eigenvalue weighted by atomic mass is 10.2. The number of allylic oxidation sites excluding steroid dienone is 2. The van der Waals surface area contributed by atoms with Gasteiger partial charge in [0, 0.05) is 75.3 Å². The number of carbonyl (C=O) groups excluding carboxylic acids is 2. The van der Waals surface area contributed by atoms with Crippen LogP contribution in [0.5, 0.6) is 23.0 Å². The van der Waals surface area contributed by atoms with Crippen LogP contribution in [0.4, 0.5) is 23.5 Å². The molecule has 2 saturated heterocycles. The van der Waals surface area contributed by atoms with Crippen molar-refractivity contribution < 1.29 is 34.0 Å². The lowest BCUT2D eigenvalue weighted by Gasteiger charge is -2.34. The number of fused-ring (bicyclic) bond motifs is 2. The number of hydrogen-bond donors (Lipinski definition) is 2. The molecule has 2 amide bonds. The Labute approximate surface area is 333 Å². The maximum absolute atomic E-state index is 12.2. The molecule has 6 N–H and O–H groups in total. The van der Waals surface area contributed by atoms with Crippen LogP contribution < -0.4 is 40.2 Å². The fraction of sp³-hybridized carbons (Fsp3) is 0.450. The molecule has 4 aromatic rings. The molecule has 2 aliphatic rings. The number of nitrogens with zero attached hydrogens (tertiary/aromatic N) is 8. The number of aromatic nitrogens is 4. The molecule has 0 unspecified atom stereocenters. The van der Waals surface area contributed by atoms with E-state index in [1.54, 1.807) is 64.9 Å². The first kappa shape index (κ1) is 43.6. The maximum Gasteiger partial charge on any atom is 0.246 e. The van der Waals surface area contributed by atoms with Crippen LogP contribution in [0.3, 0.4) is 0 Å². The third-order valence-corrected chi connectivity index (χ3v) is 9.62. The van der Waals surface area contributed by atoms with Gasteiger partial charge < -0.3 is 55.5 Å². The van der Waals surface area contributed by atoms with E-state index >= 15 is 0 Å². The Morgan fingerprint density at radius 2 is 0.912 bits per heavy atom. The number of nitrogens with two attached hydrogens (primary N) is 2. The second kappa shape index (κ2) is 20.7. The Morgan fingerprint density at radius 3 is 1.23 bits per heavy atom. The van der Waals surface area contributed by atoms with Crippen LogP contribution in [0.25, 0.3) is 21.8 Å². The summed E-state index contributed by atoms with van der Waals surface area (Å²) in [6.45, 7) is 9.33. The van der Waals surface area contributed by atoms with Gasteiger partial charge in [-0.05, 0) is 37.1 Å². The first-order valence-electron chi connectivity index (χ1n) is 18.9. The molecule has 2 fully saturated rings. The summed E-state index contributed by atoms with van der Waals surface area (Å²) in [6.07, 6.45) is 11.1. The van der Waals surface area contributed by atoms with Gasteiger partial charge in [-0.3, -0.25) is 9.59 Å². The zero-order valence-electron chi connectivity index (χ0n) is 33.8. The number of rotatable bonds is 12. The van der Waals surface area contributed by atoms with Crippen LogP contribution in [0.2, 0.25) is 0 Å². The van der Waals surface area contributed by atoms with Crippen molar-refractivity contribution in [1.82, 2.24) is 29.7 Å². The maximum atomic E-state index is 12.2. The number of hydrogen-bond acceptors (Lipinski definition) is 14. The molecule has 57 heavy (non-hydrogen) atoms. The van der Waals surface area contributed by atoms with Gasteiger partial charge in [-0.25, -0.2) is 9.97 Å². The Kier molecular flexibility index (Phi) is 15.9. The Hall–Kier alpha value is -6.10. The molecule has 17 nitrogen and oxygen atoms in total. The molecule has 0 saturated carbocycles. The lowest BCUT2D eigenvalue weighted by Crippen LogP contribution is -2.48. The van der Waals surface area contributed by atoms with Gasteiger partial charge in [0.25, 0.3) is 0 Å². The normalized spacial score (nSPS) is 14.4. The lowest BCUT2D eigenvalue weighted by molar-refractivity contribution is -0.127. The predicted molar refractivity (Wildman–Crippen MR) is 223 cm³/mol. The SMILES string of the molecule is CCC/C=C/C(=O)N1CCN(c2nc(N)c3cc(OC)c(OC)cc3n2)CC1.CCC/C=C/C(=O)N1CCN(c2nc(N)c3cc(OC)c(OC)cc3n2)CC1.O. The average Bonchev–Trinajstić information content (AvgIpc) is 3.23. The monoisotopic (exact) mass is 788 g/mol. The first-order valence-corrected chi connectivity index (χ1v) is 18.9. The van der Waals surface area contributed by atoms with Gasteiger partial charge in [0.05, 0.1) is 39.5 Å². The Bertz CT molecular complexity index is 1900. The highest BCUT2D eigenvalue weighted by Gasteiger charge is 2.24. The number of methoxy groups -OCH3 is 4. The van der Waals surface area contributed by atoms with Crippen molar-refractivity contribution in [2.45, 2.75) is 39.5 Å². The summed E-state index contributed by atoms with van der Waals surface area (Å²) in [5.74, 6) is 4.37. The number of amides is 2. The third-order valence-electron chi connectivity index (χ3n) is 9.62. The van der Waals surface area contributed by atoms with E-state index in [0.29, 0.717) is 110 Å². The standard InChI is InChI=1S/2C20H27N5O3.H2O/c2*1-4-5-6-7-18(26)24-8-10-25(11-9-24)20-22-15-13-17(28-3)16(27-2)12-14(15)19(21)23-20;/h2*6-7,12-13H,4-5,8-11H2,1-3H3,(H2,21,22,23);1H2/b2*7-6+;. The summed E-state index contributed by atoms with van der Waals surface area (Å²) >= 11 is 0. The van der Waals surface area contributed by atoms with Crippen molar-refractivity contribution >= 4 is 57.2 Å². The molecule has 6 rings (SSSR count). The van der Waals surface area contributed by atoms with Crippen molar-refractivity contribution in [3.63, 3.8) is 0 Å². The van der Waals surface area contributed by atoms with Crippen molar-refractivity contribution in [2.75, 3.05) is 102 Å². The number of piperazine rings is 2. The molecule has 308 valence electrons. The zero-order chi connectivity index (χ0) is 40.2. The van der Waals surface area contributed by atoms with E-state index in [0.717, 1.165) is 36.5 Å². The zero-order valence-corrected chi connectivity index (χ0v) is 33.8. The van der Waals surface area contributed by atoms with Gasteiger partial charge in [0.1, 0.15) is 11.6 Å². The number of unbranched alkanes of at least 4 members (excludes halogenated alkanes) is 2. The highest BCUT2D eigenvalue weighted by molar-refractivity contribution is 5.93. The number of ether oxygens (including phenoxy) is 4. The molecule has 4 heterocycles. The number of benzene rings is 2. The van der Waals surface area contributed by atoms with Crippen LogP contribution in [0.1, 0.15) is 39.5 Å². The van der Waals surface area contributed by atoms with Gasteiger partial charge in [0.15, 0.2) is 23.0 Å². The topological polar surface area (TPSA) is 219 Å². The molecule has 2 aromatic carbocycles. The molecular formula is C40H56N10O7. The summed E-state index contributed by atoms with van der Waals surface area (Å²) in [7, 11) is 6.32. The van der Waals surface area contributed by atoms with E-state index in [1.807, 2.05) is 31.8 Å². The molecule has 0 aliphatic carbocycles. The van der Waals surface area contributed by atoms with Crippen molar-refractivity contribution in [1.29, 1.82) is 0 Å². The van der Waals surface area contributed by atoms with Gasteiger partial charge in [-0.15, -0.1) is 0 Å². The summed E-state index contributed by atoms with van der Waals surface area (Å²) in [4.78, 5) is 50.5. The molecule has 0 spiro atoms. The largest absolute Gasteiger partial charge is 0.493 e. The van der Waals surface area contributed by atoms with Crippen LogP contribution >= 0.6 is 0 Å². The molecule has 17 heteroatoms. The molecular weight excluding hydrogens is 733 g/mol. The van der Waals surface area contributed by atoms with Gasteiger partial charge in [-0.1, -0.05) is 38.8 Å². The first-order chi connectivity index (χ1) is 27.1. The van der Waals surface area contributed by atoms with Gasteiger partial charge in [-0.2, -0.15) is 9.97 Å². The highest BCUT2D eigenvalue weighted by Crippen LogP contribution is 2.35. The van der Waals surface area contributed by atoms with Crippen LogP contribution in [0, 0.1) is 0 Å². The fourth-order valence-corrected chi connectivity index (χ4v) is 6.38. The molecule has 0 bridgehead atoms. The second-order valence-electron chi connectivity index (χ2n) is 13.3. The van der Waals surface area contributed by atoms with Crippen molar-refractivity contribution in [3.8, 4) is 23.0 Å². The minimum Gasteiger partial charge on any atom is -0.493 e. The van der Waals surface area contributed by atoms with E-state index in [1.165, 1.54) is 0 Å². The number of nitrogen functional groups attached to an aromatic ring is 2. The summed E-state index contributed by atoms with van der Waals surface area (Å²) in [6, 6.07) is 7.17. The minimum absolute atomic E-state index is 0. The van der Waals surface area contributed by atoms with Crippen molar-refractivity contribution in [3.05, 3.63) is 48.6 Å². The average molecular weight is 789 g/mol. The molecule has 0 atom stereocenters. The minimum atomic E-state index is 0. The van der Waals surface area contributed by atoms with E-state index in [4.69, 9.17) is 30.4 Å². The Balaban J connectivity index is 0.000000248. The van der Waals surface area contributed by atoms with E-state index < -0.39 is 0 Å². The summed E-state index contributed by atoms with van der Waals surface area (Å²) in [5.41, 5.74) is 13.7. The van der Waals surface area contributed by atoms with E-state index in [2.05, 4.69) is 33.8 Å². The predicted octanol–water partition coefficient (Wildman–Crippen LogP) is 3.64. The quantitative estimate of drug-likeness (QED) is 0.196. The smallest absolute Gasteiger partial charge is 0.246 e. The van der Waals surface area contributed by atoms with Gasteiger partial charge >= 0.3 is 0 Å². The fourth-order valence-electron chi connectivity index (χ4n) is 6.38.